The van der Waals surface area contributed by atoms with E-state index in [9.17, 15) is 0 Å². The summed E-state index contributed by atoms with van der Waals surface area (Å²) in [6.07, 6.45) is 2.36. The Bertz CT molecular complexity index is 521. The number of halogens is 1. The predicted molar refractivity (Wildman–Crippen MR) is 83.5 cm³/mol. The maximum atomic E-state index is 5.99. The zero-order valence-corrected chi connectivity index (χ0v) is 14.0. The van der Waals surface area contributed by atoms with Gasteiger partial charge in [0.25, 0.3) is 0 Å². The average molecular weight is 340 g/mol. The van der Waals surface area contributed by atoms with Crippen LogP contribution in [0.25, 0.3) is 0 Å². The number of ether oxygens (including phenoxy) is 2. The molecule has 2 heterocycles. The molecule has 0 spiro atoms. The fourth-order valence-corrected chi connectivity index (χ4v) is 3.66. The van der Waals surface area contributed by atoms with Gasteiger partial charge < -0.3 is 14.8 Å². The van der Waals surface area contributed by atoms with Gasteiger partial charge in [-0.25, -0.2) is 0 Å². The summed E-state index contributed by atoms with van der Waals surface area (Å²) < 4.78 is 13.0. The van der Waals surface area contributed by atoms with Gasteiger partial charge >= 0.3 is 0 Å². The number of nitrogens with one attached hydrogen (secondary N) is 1. The van der Waals surface area contributed by atoms with Gasteiger partial charge in [0, 0.05) is 15.4 Å². The van der Waals surface area contributed by atoms with Gasteiger partial charge in [-0.05, 0) is 44.0 Å². The molecule has 0 saturated carbocycles. The summed E-state index contributed by atoms with van der Waals surface area (Å²) in [5.74, 6) is 1.71. The smallest absolute Gasteiger partial charge is 0.162 e. The van der Waals surface area contributed by atoms with Gasteiger partial charge in [-0.1, -0.05) is 29.8 Å². The summed E-state index contributed by atoms with van der Waals surface area (Å²) in [6.45, 7) is 9.02. The van der Waals surface area contributed by atoms with Crippen LogP contribution >= 0.6 is 15.9 Å². The van der Waals surface area contributed by atoms with Gasteiger partial charge in [0.1, 0.15) is 0 Å². The van der Waals surface area contributed by atoms with E-state index in [1.165, 1.54) is 12.0 Å². The standard InChI is InChI=1S/C16H22BrNO2/c1-15(2)9-19-13-7-11(16(3)5-4-6-18-16)12(17)8-14(13)20-10-15/h7-8,18H,4-6,9-10H2,1-3H3. The first-order valence-electron chi connectivity index (χ1n) is 7.24. The molecule has 2 aliphatic heterocycles. The minimum Gasteiger partial charge on any atom is -0.489 e. The van der Waals surface area contributed by atoms with E-state index in [1.54, 1.807) is 0 Å². The molecule has 1 unspecified atom stereocenters. The lowest BCUT2D eigenvalue weighted by molar-refractivity contribution is 0.140. The number of hydrogen-bond acceptors (Lipinski definition) is 3. The lowest BCUT2D eigenvalue weighted by Crippen LogP contribution is -2.33. The van der Waals surface area contributed by atoms with Gasteiger partial charge in [-0.15, -0.1) is 0 Å². The molecule has 4 heteroatoms. The highest BCUT2D eigenvalue weighted by Crippen LogP contribution is 2.43. The van der Waals surface area contributed by atoms with E-state index in [0.717, 1.165) is 28.9 Å². The van der Waals surface area contributed by atoms with Crippen LogP contribution in [0.1, 0.15) is 39.2 Å². The van der Waals surface area contributed by atoms with Crippen LogP contribution in [0.2, 0.25) is 0 Å². The second-order valence-electron chi connectivity index (χ2n) is 6.88. The lowest BCUT2D eigenvalue weighted by atomic mass is 9.90. The van der Waals surface area contributed by atoms with Crippen molar-refractivity contribution in [2.45, 2.75) is 39.2 Å². The van der Waals surface area contributed by atoms with E-state index in [-0.39, 0.29) is 11.0 Å². The van der Waals surface area contributed by atoms with Gasteiger partial charge in [-0.2, -0.15) is 0 Å². The Hall–Kier alpha value is -0.740. The molecule has 3 rings (SSSR count). The molecule has 110 valence electrons. The molecular weight excluding hydrogens is 318 g/mol. The zero-order valence-electron chi connectivity index (χ0n) is 12.4. The fourth-order valence-electron chi connectivity index (χ4n) is 2.90. The van der Waals surface area contributed by atoms with Crippen LogP contribution in [0.15, 0.2) is 16.6 Å². The number of benzene rings is 1. The maximum Gasteiger partial charge on any atom is 0.162 e. The van der Waals surface area contributed by atoms with Crippen LogP contribution in [0.4, 0.5) is 0 Å². The molecule has 1 fully saturated rings. The van der Waals surface area contributed by atoms with Crippen molar-refractivity contribution in [1.82, 2.24) is 5.32 Å². The van der Waals surface area contributed by atoms with Crippen molar-refractivity contribution in [3.05, 3.63) is 22.2 Å². The monoisotopic (exact) mass is 339 g/mol. The second kappa shape index (κ2) is 4.92. The Morgan fingerprint density at radius 2 is 1.75 bits per heavy atom. The molecule has 0 aliphatic carbocycles. The van der Waals surface area contributed by atoms with E-state index in [1.807, 2.05) is 0 Å². The second-order valence-corrected chi connectivity index (χ2v) is 7.74. The zero-order chi connectivity index (χ0) is 14.4. The highest BCUT2D eigenvalue weighted by atomic mass is 79.9. The van der Waals surface area contributed by atoms with Crippen molar-refractivity contribution in [3.8, 4) is 11.5 Å². The summed E-state index contributed by atoms with van der Waals surface area (Å²) >= 11 is 3.70. The molecule has 1 atom stereocenters. The Morgan fingerprint density at radius 1 is 1.10 bits per heavy atom. The minimum absolute atomic E-state index is 0.0268. The largest absolute Gasteiger partial charge is 0.489 e. The first-order valence-corrected chi connectivity index (χ1v) is 8.04. The van der Waals surface area contributed by atoms with E-state index < -0.39 is 0 Å². The number of fused-ring (bicyclic) bond motifs is 1. The predicted octanol–water partition coefficient (Wildman–Crippen LogP) is 3.85. The molecule has 20 heavy (non-hydrogen) atoms. The molecule has 0 aromatic heterocycles. The Balaban J connectivity index is 1.98. The molecule has 0 amide bonds. The number of hydrogen-bond donors (Lipinski definition) is 1. The van der Waals surface area contributed by atoms with E-state index in [4.69, 9.17) is 9.47 Å². The van der Waals surface area contributed by atoms with Gasteiger partial charge in [-0.3, -0.25) is 0 Å². The fraction of sp³-hybridized carbons (Fsp3) is 0.625. The van der Waals surface area contributed by atoms with Gasteiger partial charge in [0.15, 0.2) is 11.5 Å². The van der Waals surface area contributed by atoms with Gasteiger partial charge in [0.05, 0.1) is 13.2 Å². The number of rotatable bonds is 1. The Labute approximate surface area is 129 Å². The molecule has 1 saturated heterocycles. The van der Waals surface area contributed by atoms with E-state index >= 15 is 0 Å². The third-order valence-electron chi connectivity index (χ3n) is 4.23. The molecule has 1 N–H and O–H groups in total. The van der Waals surface area contributed by atoms with Crippen molar-refractivity contribution in [2.75, 3.05) is 19.8 Å². The molecule has 0 bridgehead atoms. The summed E-state index contributed by atoms with van der Waals surface area (Å²) in [7, 11) is 0. The van der Waals surface area contributed by atoms with Crippen LogP contribution < -0.4 is 14.8 Å². The van der Waals surface area contributed by atoms with Crippen molar-refractivity contribution < 1.29 is 9.47 Å². The summed E-state index contributed by atoms with van der Waals surface area (Å²) in [5, 5.41) is 3.60. The highest BCUT2D eigenvalue weighted by molar-refractivity contribution is 9.10. The molecule has 2 aliphatic rings. The van der Waals surface area contributed by atoms with Crippen LogP contribution in [0.5, 0.6) is 11.5 Å². The van der Waals surface area contributed by atoms with Crippen molar-refractivity contribution in [1.29, 1.82) is 0 Å². The molecule has 0 radical (unpaired) electrons. The highest BCUT2D eigenvalue weighted by Gasteiger charge is 2.34. The maximum absolute atomic E-state index is 5.99. The third kappa shape index (κ3) is 2.56. The van der Waals surface area contributed by atoms with Crippen molar-refractivity contribution in [3.63, 3.8) is 0 Å². The summed E-state index contributed by atoms with van der Waals surface area (Å²) in [6, 6.07) is 4.19. The topological polar surface area (TPSA) is 30.5 Å². The Morgan fingerprint density at radius 3 is 2.35 bits per heavy atom. The molecular formula is C16H22BrNO2. The van der Waals surface area contributed by atoms with Crippen LogP contribution in [-0.4, -0.2) is 19.8 Å². The SMILES string of the molecule is CC1(C)COc2cc(Br)c(C3(C)CCCN3)cc2OC1. The molecule has 1 aromatic rings. The first kappa shape index (κ1) is 14.2. The minimum atomic E-state index is 0.0268. The molecule has 3 nitrogen and oxygen atoms in total. The normalized spacial score (nSPS) is 28.2. The Kier molecular flexibility index (Phi) is 3.49. The van der Waals surface area contributed by atoms with E-state index in [2.05, 4.69) is 54.2 Å². The lowest BCUT2D eigenvalue weighted by Gasteiger charge is -2.27. The third-order valence-corrected chi connectivity index (χ3v) is 4.89. The first-order chi connectivity index (χ1) is 9.40. The van der Waals surface area contributed by atoms with Crippen LogP contribution in [-0.2, 0) is 5.54 Å². The summed E-state index contributed by atoms with van der Waals surface area (Å²) in [4.78, 5) is 0. The average Bonchev–Trinajstić information content (AvgIpc) is 2.76. The van der Waals surface area contributed by atoms with Crippen molar-refractivity contribution >= 4 is 15.9 Å². The molecule has 1 aromatic carbocycles. The quantitative estimate of drug-likeness (QED) is 0.842. The van der Waals surface area contributed by atoms with Gasteiger partial charge in [0.2, 0.25) is 0 Å². The summed E-state index contributed by atoms with van der Waals surface area (Å²) in [5.41, 5.74) is 1.33. The van der Waals surface area contributed by atoms with E-state index in [0.29, 0.717) is 13.2 Å². The van der Waals surface area contributed by atoms with Crippen LogP contribution in [0.3, 0.4) is 0 Å². The van der Waals surface area contributed by atoms with Crippen molar-refractivity contribution in [2.24, 2.45) is 5.41 Å². The van der Waals surface area contributed by atoms with Crippen LogP contribution in [0, 0.1) is 5.41 Å².